The minimum absolute atomic E-state index is 0.178. The molecule has 152 valence electrons. The van der Waals surface area contributed by atoms with Gasteiger partial charge in [0, 0.05) is 43.2 Å². The van der Waals surface area contributed by atoms with Crippen molar-refractivity contribution >= 4 is 16.8 Å². The topological polar surface area (TPSA) is 86.5 Å². The third-order valence-electron chi connectivity index (χ3n) is 6.08. The van der Waals surface area contributed by atoms with Gasteiger partial charge in [0.15, 0.2) is 0 Å². The zero-order chi connectivity index (χ0) is 19.8. The number of likely N-dealkylation sites (tertiary alicyclic amines) is 1. The predicted octanol–water partition coefficient (Wildman–Crippen LogP) is 2.65. The van der Waals surface area contributed by atoms with Crippen LogP contribution in [0.2, 0.25) is 0 Å². The molecule has 3 aromatic rings. The Bertz CT molecular complexity index is 1030. The first-order valence-electron chi connectivity index (χ1n) is 10.4. The van der Waals surface area contributed by atoms with Gasteiger partial charge in [0.2, 0.25) is 5.91 Å². The highest BCUT2D eigenvalue weighted by atomic mass is 16.5. The van der Waals surface area contributed by atoms with Crippen LogP contribution in [0.25, 0.3) is 10.9 Å². The van der Waals surface area contributed by atoms with E-state index in [-0.39, 0.29) is 18.6 Å². The summed E-state index contributed by atoms with van der Waals surface area (Å²) in [7, 11) is 0. The largest absolute Gasteiger partial charge is 0.490 e. The number of ether oxygens (including phenoxy) is 1. The molecule has 2 aliphatic rings. The second kappa shape index (κ2) is 7.55. The molecule has 29 heavy (non-hydrogen) atoms. The minimum Gasteiger partial charge on any atom is -0.490 e. The van der Waals surface area contributed by atoms with Crippen LogP contribution in [0.3, 0.4) is 0 Å². The summed E-state index contributed by atoms with van der Waals surface area (Å²) in [6.45, 7) is 3.03. The Hall–Kier alpha value is -2.80. The van der Waals surface area contributed by atoms with Crippen LogP contribution in [0.4, 0.5) is 0 Å². The molecule has 1 amide bonds. The maximum atomic E-state index is 11.3. The van der Waals surface area contributed by atoms with Crippen molar-refractivity contribution in [3.8, 4) is 5.75 Å². The normalized spacial score (nSPS) is 17.7. The maximum Gasteiger partial charge on any atom is 0.237 e. The SMILES string of the molecule is NC(=O)Cn1ccc2c(OC3CCN(Cc4noc5c4CCC5)CC3)cccc21. The summed E-state index contributed by atoms with van der Waals surface area (Å²) in [5.74, 6) is 1.62. The molecule has 0 atom stereocenters. The molecule has 0 radical (unpaired) electrons. The number of nitrogens with two attached hydrogens (primary N) is 1. The highest BCUT2D eigenvalue weighted by Gasteiger charge is 2.26. The van der Waals surface area contributed by atoms with Crippen LogP contribution < -0.4 is 10.5 Å². The number of primary amides is 1. The highest BCUT2D eigenvalue weighted by molar-refractivity contribution is 5.87. The maximum absolute atomic E-state index is 11.3. The summed E-state index contributed by atoms with van der Waals surface area (Å²) in [5.41, 5.74) is 8.78. The van der Waals surface area contributed by atoms with E-state index in [1.165, 1.54) is 12.0 Å². The van der Waals surface area contributed by atoms with Gasteiger partial charge in [0.05, 0.1) is 5.52 Å². The lowest BCUT2D eigenvalue weighted by Gasteiger charge is -2.31. The number of carbonyl (C=O) groups is 1. The standard InChI is InChI=1S/C22H26N4O3/c23-22(27)14-26-12-9-17-19(26)4-2-5-20(17)28-15-7-10-25(11-8-15)13-18-16-3-1-6-21(16)29-24-18/h2,4-5,9,12,15H,1,3,6-8,10-11,13-14H2,(H2,23,27). The molecule has 7 heteroatoms. The van der Waals surface area contributed by atoms with Crippen LogP contribution in [0, 0.1) is 0 Å². The van der Waals surface area contributed by atoms with Gasteiger partial charge in [0.25, 0.3) is 0 Å². The van der Waals surface area contributed by atoms with E-state index >= 15 is 0 Å². The second-order valence-electron chi connectivity index (χ2n) is 8.08. The number of aromatic nitrogens is 2. The van der Waals surface area contributed by atoms with Crippen LogP contribution in [-0.4, -0.2) is 39.7 Å². The molecule has 1 aliphatic carbocycles. The predicted molar refractivity (Wildman–Crippen MR) is 109 cm³/mol. The van der Waals surface area contributed by atoms with Crippen molar-refractivity contribution in [3.05, 3.63) is 47.5 Å². The smallest absolute Gasteiger partial charge is 0.237 e. The zero-order valence-electron chi connectivity index (χ0n) is 16.5. The van der Waals surface area contributed by atoms with E-state index in [1.54, 1.807) is 0 Å². The van der Waals surface area contributed by atoms with Crippen molar-refractivity contribution in [1.29, 1.82) is 0 Å². The summed E-state index contributed by atoms with van der Waals surface area (Å²) >= 11 is 0. The van der Waals surface area contributed by atoms with Crippen molar-refractivity contribution in [2.45, 2.75) is 51.3 Å². The van der Waals surface area contributed by atoms with Crippen LogP contribution >= 0.6 is 0 Å². The molecule has 0 bridgehead atoms. The van der Waals surface area contributed by atoms with Crippen molar-refractivity contribution < 1.29 is 14.1 Å². The molecule has 1 aromatic carbocycles. The van der Waals surface area contributed by atoms with Crippen LogP contribution in [0.15, 0.2) is 35.0 Å². The molecule has 1 saturated heterocycles. The summed E-state index contributed by atoms with van der Waals surface area (Å²) in [6.07, 6.45) is 7.38. The third-order valence-corrected chi connectivity index (χ3v) is 6.08. The van der Waals surface area contributed by atoms with Crippen molar-refractivity contribution in [1.82, 2.24) is 14.6 Å². The van der Waals surface area contributed by atoms with Crippen molar-refractivity contribution in [2.75, 3.05) is 13.1 Å². The Morgan fingerprint density at radius 3 is 2.93 bits per heavy atom. The number of benzene rings is 1. The molecule has 7 nitrogen and oxygen atoms in total. The Labute approximate surface area is 169 Å². The van der Waals surface area contributed by atoms with E-state index in [4.69, 9.17) is 15.0 Å². The lowest BCUT2D eigenvalue weighted by Crippen LogP contribution is -2.38. The molecule has 2 aromatic heterocycles. The second-order valence-corrected chi connectivity index (χ2v) is 8.08. The summed E-state index contributed by atoms with van der Waals surface area (Å²) in [4.78, 5) is 13.7. The molecule has 0 spiro atoms. The Morgan fingerprint density at radius 2 is 2.10 bits per heavy atom. The van der Waals surface area contributed by atoms with Gasteiger partial charge in [-0.25, -0.2) is 0 Å². The van der Waals surface area contributed by atoms with E-state index in [0.717, 1.165) is 73.4 Å². The first-order chi connectivity index (χ1) is 14.2. The number of hydrogen-bond acceptors (Lipinski definition) is 5. The number of piperidine rings is 1. The molecular formula is C22H26N4O3. The molecule has 3 heterocycles. The number of fused-ring (bicyclic) bond motifs is 2. The number of amides is 1. The van der Waals surface area contributed by atoms with Gasteiger partial charge in [-0.15, -0.1) is 0 Å². The Morgan fingerprint density at radius 1 is 1.24 bits per heavy atom. The van der Waals surface area contributed by atoms with E-state index in [1.807, 2.05) is 35.0 Å². The number of nitrogens with zero attached hydrogens (tertiary/aromatic N) is 3. The van der Waals surface area contributed by atoms with Gasteiger partial charge >= 0.3 is 0 Å². The molecule has 2 N–H and O–H groups in total. The molecule has 0 unspecified atom stereocenters. The molecule has 0 saturated carbocycles. The van der Waals surface area contributed by atoms with Gasteiger partial charge < -0.3 is 19.6 Å². The number of rotatable bonds is 6. The average Bonchev–Trinajstić information content (AvgIpc) is 3.41. The lowest BCUT2D eigenvalue weighted by molar-refractivity contribution is -0.118. The van der Waals surface area contributed by atoms with Crippen LogP contribution in [-0.2, 0) is 30.7 Å². The van der Waals surface area contributed by atoms with E-state index < -0.39 is 0 Å². The van der Waals surface area contributed by atoms with Crippen molar-refractivity contribution in [3.63, 3.8) is 0 Å². The van der Waals surface area contributed by atoms with E-state index in [2.05, 4.69) is 10.1 Å². The quantitative estimate of drug-likeness (QED) is 0.695. The van der Waals surface area contributed by atoms with Gasteiger partial charge in [-0.05, 0) is 43.9 Å². The highest BCUT2D eigenvalue weighted by Crippen LogP contribution is 2.30. The van der Waals surface area contributed by atoms with Gasteiger partial charge in [-0.1, -0.05) is 11.2 Å². The minimum atomic E-state index is -0.348. The van der Waals surface area contributed by atoms with E-state index in [0.29, 0.717) is 0 Å². The molecule has 1 aliphatic heterocycles. The molecular weight excluding hydrogens is 368 g/mol. The first kappa shape index (κ1) is 18.2. The van der Waals surface area contributed by atoms with Gasteiger partial charge in [-0.3, -0.25) is 9.69 Å². The Balaban J connectivity index is 1.22. The first-order valence-corrected chi connectivity index (χ1v) is 10.4. The summed E-state index contributed by atoms with van der Waals surface area (Å²) in [6, 6.07) is 7.95. The number of carbonyl (C=O) groups excluding carboxylic acids is 1. The van der Waals surface area contributed by atoms with Gasteiger partial charge in [0.1, 0.15) is 29.9 Å². The fraction of sp³-hybridized carbons (Fsp3) is 0.455. The third kappa shape index (κ3) is 3.62. The Kier molecular flexibility index (Phi) is 4.75. The van der Waals surface area contributed by atoms with Crippen LogP contribution in [0.1, 0.15) is 36.3 Å². The fourth-order valence-electron chi connectivity index (χ4n) is 4.59. The molecule has 1 fully saturated rings. The fourth-order valence-corrected chi connectivity index (χ4v) is 4.59. The lowest BCUT2D eigenvalue weighted by atomic mass is 10.1. The van der Waals surface area contributed by atoms with Crippen LogP contribution in [0.5, 0.6) is 5.75 Å². The molecule has 5 rings (SSSR count). The number of aryl methyl sites for hydroxylation is 1. The summed E-state index contributed by atoms with van der Waals surface area (Å²) in [5, 5.41) is 5.31. The van der Waals surface area contributed by atoms with E-state index in [9.17, 15) is 4.79 Å². The zero-order valence-corrected chi connectivity index (χ0v) is 16.5. The summed E-state index contributed by atoms with van der Waals surface area (Å²) < 4.78 is 13.7. The van der Waals surface area contributed by atoms with Crippen molar-refractivity contribution in [2.24, 2.45) is 5.73 Å². The average molecular weight is 394 g/mol. The number of hydrogen-bond donors (Lipinski definition) is 1. The van der Waals surface area contributed by atoms with Gasteiger partial charge in [-0.2, -0.15) is 0 Å². The monoisotopic (exact) mass is 394 g/mol.